The Morgan fingerprint density at radius 1 is 1.40 bits per heavy atom. The zero-order valence-corrected chi connectivity index (χ0v) is 12.4. The molecule has 1 heterocycles. The number of carbonyl (C=O) groups is 1. The summed E-state index contributed by atoms with van der Waals surface area (Å²) >= 11 is 7.04. The number of hydrogen-bond donors (Lipinski definition) is 2. The largest absolute Gasteiger partial charge is 0.351 e. The summed E-state index contributed by atoms with van der Waals surface area (Å²) in [6.45, 7) is 2.21. The van der Waals surface area contributed by atoms with Crippen molar-refractivity contribution in [1.82, 2.24) is 20.2 Å². The highest BCUT2D eigenvalue weighted by Gasteiger charge is 2.09. The fourth-order valence-corrected chi connectivity index (χ4v) is 2.29. The molecule has 0 radical (unpaired) electrons. The van der Waals surface area contributed by atoms with Crippen molar-refractivity contribution in [3.05, 3.63) is 40.7 Å². The Morgan fingerprint density at radius 2 is 2.10 bits per heavy atom. The number of aryl methyl sites for hydroxylation is 1. The van der Waals surface area contributed by atoms with Gasteiger partial charge in [-0.25, -0.2) is 4.68 Å². The molecule has 0 bridgehead atoms. The summed E-state index contributed by atoms with van der Waals surface area (Å²) in [4.78, 5) is 11.7. The lowest BCUT2D eigenvalue weighted by Crippen LogP contribution is -2.25. The quantitative estimate of drug-likeness (QED) is 0.643. The van der Waals surface area contributed by atoms with E-state index < -0.39 is 0 Å². The van der Waals surface area contributed by atoms with Crippen LogP contribution in [-0.4, -0.2) is 26.5 Å². The number of thioether (sulfide) groups is 1. The van der Waals surface area contributed by atoms with E-state index in [4.69, 9.17) is 17.4 Å². The Balaban J connectivity index is 1.78. The van der Waals surface area contributed by atoms with Crippen LogP contribution in [0, 0.1) is 6.92 Å². The number of nitrogens with zero attached hydrogens (tertiary/aromatic N) is 3. The maximum Gasteiger partial charge on any atom is 0.230 e. The van der Waals surface area contributed by atoms with E-state index in [-0.39, 0.29) is 11.7 Å². The molecule has 0 aliphatic carbocycles. The van der Waals surface area contributed by atoms with Crippen LogP contribution < -0.4 is 11.2 Å². The fourth-order valence-electron chi connectivity index (χ4n) is 1.43. The molecular formula is C12H14ClN5OS. The Morgan fingerprint density at radius 3 is 2.70 bits per heavy atom. The SMILES string of the molecule is Cc1nnc(SCC(=O)NCc2ccc(Cl)cc2)n1N. The first-order valence-electron chi connectivity index (χ1n) is 5.87. The summed E-state index contributed by atoms with van der Waals surface area (Å²) in [5.41, 5.74) is 0.991. The second-order valence-corrected chi connectivity index (χ2v) is 5.47. The molecule has 2 rings (SSSR count). The van der Waals surface area contributed by atoms with Crippen molar-refractivity contribution in [2.45, 2.75) is 18.6 Å². The normalized spacial score (nSPS) is 10.5. The van der Waals surface area contributed by atoms with Gasteiger partial charge < -0.3 is 11.2 Å². The monoisotopic (exact) mass is 311 g/mol. The number of nitrogens with two attached hydrogens (primary N) is 1. The standard InChI is InChI=1S/C12H14ClN5OS/c1-8-16-17-12(18(8)14)20-7-11(19)15-6-9-2-4-10(13)5-3-9/h2-5H,6-7,14H2,1H3,(H,15,19). The van der Waals surface area contributed by atoms with Gasteiger partial charge in [-0.2, -0.15) is 0 Å². The zero-order valence-electron chi connectivity index (χ0n) is 10.8. The summed E-state index contributed by atoms with van der Waals surface area (Å²) in [5, 5.41) is 11.7. The van der Waals surface area contributed by atoms with Crippen molar-refractivity contribution in [1.29, 1.82) is 0 Å². The summed E-state index contributed by atoms with van der Waals surface area (Å²) in [6, 6.07) is 7.32. The average Bonchev–Trinajstić information content (AvgIpc) is 2.76. The summed E-state index contributed by atoms with van der Waals surface area (Å²) in [5.74, 6) is 6.45. The molecule has 3 N–H and O–H groups in total. The molecule has 0 aliphatic heterocycles. The molecule has 20 heavy (non-hydrogen) atoms. The van der Waals surface area contributed by atoms with Gasteiger partial charge in [0.15, 0.2) is 0 Å². The first kappa shape index (κ1) is 14.7. The zero-order chi connectivity index (χ0) is 14.5. The third kappa shape index (κ3) is 3.88. The van der Waals surface area contributed by atoms with Crippen molar-refractivity contribution in [2.24, 2.45) is 0 Å². The molecule has 0 aliphatic rings. The van der Waals surface area contributed by atoms with Crippen molar-refractivity contribution >= 4 is 29.3 Å². The molecule has 0 atom stereocenters. The highest BCUT2D eigenvalue weighted by Crippen LogP contribution is 2.13. The van der Waals surface area contributed by atoms with Crippen molar-refractivity contribution in [3.63, 3.8) is 0 Å². The number of carbonyl (C=O) groups excluding carboxylic acids is 1. The van der Waals surface area contributed by atoms with E-state index in [0.29, 0.717) is 22.5 Å². The Labute approximate surface area is 125 Å². The average molecular weight is 312 g/mol. The minimum Gasteiger partial charge on any atom is -0.351 e. The van der Waals surface area contributed by atoms with E-state index in [1.54, 1.807) is 19.1 Å². The van der Waals surface area contributed by atoms with E-state index in [0.717, 1.165) is 5.56 Å². The lowest BCUT2D eigenvalue weighted by atomic mass is 10.2. The van der Waals surface area contributed by atoms with Crippen LogP contribution in [-0.2, 0) is 11.3 Å². The van der Waals surface area contributed by atoms with Crippen LogP contribution in [0.25, 0.3) is 0 Å². The number of halogens is 1. The van der Waals surface area contributed by atoms with Crippen LogP contribution >= 0.6 is 23.4 Å². The molecule has 0 unspecified atom stereocenters. The van der Waals surface area contributed by atoms with Crippen LogP contribution in [0.2, 0.25) is 5.02 Å². The maximum absolute atomic E-state index is 11.7. The predicted octanol–water partition coefficient (Wildman–Crippen LogP) is 1.36. The smallest absolute Gasteiger partial charge is 0.230 e. The molecule has 8 heteroatoms. The molecule has 2 aromatic rings. The lowest BCUT2D eigenvalue weighted by molar-refractivity contribution is -0.118. The summed E-state index contributed by atoms with van der Waals surface area (Å²) in [6.07, 6.45) is 0. The van der Waals surface area contributed by atoms with Gasteiger partial charge in [-0.05, 0) is 24.6 Å². The highest BCUT2D eigenvalue weighted by atomic mass is 35.5. The summed E-state index contributed by atoms with van der Waals surface area (Å²) in [7, 11) is 0. The van der Waals surface area contributed by atoms with Gasteiger partial charge in [-0.15, -0.1) is 10.2 Å². The van der Waals surface area contributed by atoms with Gasteiger partial charge in [-0.3, -0.25) is 4.79 Å². The van der Waals surface area contributed by atoms with Gasteiger partial charge in [0.1, 0.15) is 5.82 Å². The van der Waals surface area contributed by atoms with Crippen molar-refractivity contribution in [2.75, 3.05) is 11.6 Å². The third-order valence-electron chi connectivity index (χ3n) is 2.57. The first-order chi connectivity index (χ1) is 9.56. The Hall–Kier alpha value is -1.73. The number of nitrogens with one attached hydrogen (secondary N) is 1. The molecule has 1 amide bonds. The van der Waals surface area contributed by atoms with Gasteiger partial charge in [0.25, 0.3) is 0 Å². The second kappa shape index (κ2) is 6.62. The van der Waals surface area contributed by atoms with Gasteiger partial charge in [0.2, 0.25) is 11.1 Å². The molecule has 0 saturated heterocycles. The van der Waals surface area contributed by atoms with Crippen LogP contribution in [0.5, 0.6) is 0 Å². The molecule has 0 fully saturated rings. The van der Waals surface area contributed by atoms with Crippen LogP contribution in [0.4, 0.5) is 0 Å². The molecule has 1 aromatic carbocycles. The van der Waals surface area contributed by atoms with Crippen molar-refractivity contribution in [3.8, 4) is 0 Å². The van der Waals surface area contributed by atoms with Crippen LogP contribution in [0.1, 0.15) is 11.4 Å². The third-order valence-corrected chi connectivity index (χ3v) is 3.77. The number of amides is 1. The van der Waals surface area contributed by atoms with E-state index >= 15 is 0 Å². The molecular weight excluding hydrogens is 298 g/mol. The van der Waals surface area contributed by atoms with E-state index in [1.807, 2.05) is 12.1 Å². The van der Waals surface area contributed by atoms with Gasteiger partial charge in [0, 0.05) is 11.6 Å². The molecule has 1 aromatic heterocycles. The Kier molecular flexibility index (Phi) is 4.86. The van der Waals surface area contributed by atoms with Crippen molar-refractivity contribution < 1.29 is 4.79 Å². The van der Waals surface area contributed by atoms with E-state index in [9.17, 15) is 4.79 Å². The number of nitrogen functional groups attached to an aromatic ring is 1. The Bertz CT molecular complexity index is 598. The summed E-state index contributed by atoms with van der Waals surface area (Å²) < 4.78 is 1.36. The lowest BCUT2D eigenvalue weighted by Gasteiger charge is -2.05. The fraction of sp³-hybridized carbons (Fsp3) is 0.250. The minimum absolute atomic E-state index is 0.0920. The maximum atomic E-state index is 11.7. The van der Waals surface area contributed by atoms with Gasteiger partial charge in [-0.1, -0.05) is 35.5 Å². The number of rotatable bonds is 5. The number of aromatic nitrogens is 3. The molecule has 0 spiro atoms. The molecule has 6 nitrogen and oxygen atoms in total. The molecule has 106 valence electrons. The number of hydrogen-bond acceptors (Lipinski definition) is 5. The van der Waals surface area contributed by atoms with Gasteiger partial charge in [0.05, 0.1) is 5.75 Å². The topological polar surface area (TPSA) is 85.8 Å². The van der Waals surface area contributed by atoms with Crippen LogP contribution in [0.15, 0.2) is 29.4 Å². The predicted molar refractivity (Wildman–Crippen MR) is 78.9 cm³/mol. The minimum atomic E-state index is -0.0920. The van der Waals surface area contributed by atoms with Crippen LogP contribution in [0.3, 0.4) is 0 Å². The van der Waals surface area contributed by atoms with E-state index in [1.165, 1.54) is 16.4 Å². The first-order valence-corrected chi connectivity index (χ1v) is 7.23. The van der Waals surface area contributed by atoms with E-state index in [2.05, 4.69) is 15.5 Å². The number of benzene rings is 1. The second-order valence-electron chi connectivity index (χ2n) is 4.09. The molecule has 0 saturated carbocycles. The highest BCUT2D eigenvalue weighted by molar-refractivity contribution is 7.99. The van der Waals surface area contributed by atoms with Gasteiger partial charge >= 0.3 is 0 Å².